The molecule has 2 atom stereocenters. The van der Waals surface area contributed by atoms with E-state index in [0.717, 1.165) is 0 Å². The van der Waals surface area contributed by atoms with E-state index in [1.165, 1.54) is 13.4 Å². The summed E-state index contributed by atoms with van der Waals surface area (Å²) < 4.78 is 26.8. The van der Waals surface area contributed by atoms with Gasteiger partial charge in [-0.05, 0) is 12.8 Å². The molecule has 96 valence electrons. The first-order chi connectivity index (χ1) is 7.17. The summed E-state index contributed by atoms with van der Waals surface area (Å²) in [7, 11) is -1.72. The van der Waals surface area contributed by atoms with Gasteiger partial charge in [0, 0.05) is 12.3 Å². The molecule has 0 amide bonds. The van der Waals surface area contributed by atoms with Gasteiger partial charge in [-0.1, -0.05) is 13.8 Å². The quantitative estimate of drug-likeness (QED) is 0.683. The van der Waals surface area contributed by atoms with Crippen LogP contribution in [0.3, 0.4) is 0 Å². The Bertz CT molecular complexity index is 324. The zero-order chi connectivity index (χ0) is 12.9. The second-order valence-corrected chi connectivity index (χ2v) is 6.59. The third-order valence-corrected chi connectivity index (χ3v) is 3.24. The Morgan fingerprint density at radius 2 is 1.81 bits per heavy atom. The largest absolute Gasteiger partial charge is 0.468 e. The number of methoxy groups -OCH3 is 1. The number of carbonyl (C=O) groups excluding carboxylic acids is 1. The number of esters is 1. The molecule has 6 heteroatoms. The molecule has 5 nitrogen and oxygen atoms in total. The van der Waals surface area contributed by atoms with Crippen LogP contribution in [-0.4, -0.2) is 45.6 Å². The average molecular weight is 251 g/mol. The molecular formula is C10H21NO4S. The van der Waals surface area contributed by atoms with E-state index in [-0.39, 0.29) is 23.7 Å². The van der Waals surface area contributed by atoms with Crippen molar-refractivity contribution in [3.05, 3.63) is 0 Å². The Hall–Kier alpha value is -0.620. The van der Waals surface area contributed by atoms with Crippen LogP contribution in [0.25, 0.3) is 0 Å². The van der Waals surface area contributed by atoms with Crippen molar-refractivity contribution in [3.8, 4) is 0 Å². The summed E-state index contributed by atoms with van der Waals surface area (Å²) in [6, 6.07) is -0.747. The van der Waals surface area contributed by atoms with Gasteiger partial charge in [-0.3, -0.25) is 4.79 Å². The number of nitrogens with one attached hydrogen (secondary N) is 1. The van der Waals surface area contributed by atoms with Crippen molar-refractivity contribution in [2.45, 2.75) is 32.9 Å². The van der Waals surface area contributed by atoms with Crippen LogP contribution in [0.2, 0.25) is 0 Å². The Balaban J connectivity index is 4.47. The highest BCUT2D eigenvalue weighted by Gasteiger charge is 2.25. The van der Waals surface area contributed by atoms with E-state index in [4.69, 9.17) is 0 Å². The molecule has 1 N–H and O–H groups in total. The van der Waals surface area contributed by atoms with Crippen molar-refractivity contribution < 1.29 is 17.9 Å². The lowest BCUT2D eigenvalue weighted by Gasteiger charge is -2.23. The molecule has 0 aromatic rings. The molecule has 0 aliphatic carbocycles. The zero-order valence-corrected chi connectivity index (χ0v) is 11.3. The van der Waals surface area contributed by atoms with Crippen molar-refractivity contribution in [3.63, 3.8) is 0 Å². The highest BCUT2D eigenvalue weighted by Crippen LogP contribution is 2.05. The number of ether oxygens (including phenoxy) is 1. The summed E-state index contributed by atoms with van der Waals surface area (Å²) in [6.45, 7) is 5.49. The van der Waals surface area contributed by atoms with Gasteiger partial charge in [-0.2, -0.15) is 0 Å². The first-order valence-corrected chi connectivity index (χ1v) is 7.25. The number of hydrogen-bond donors (Lipinski definition) is 1. The average Bonchev–Trinajstić information content (AvgIpc) is 2.09. The molecular weight excluding hydrogens is 230 g/mol. The molecule has 0 saturated carbocycles. The van der Waals surface area contributed by atoms with Crippen LogP contribution < -0.4 is 5.32 Å². The Morgan fingerprint density at radius 1 is 1.31 bits per heavy atom. The van der Waals surface area contributed by atoms with Crippen LogP contribution in [0, 0.1) is 5.92 Å². The minimum Gasteiger partial charge on any atom is -0.468 e. The number of rotatable bonds is 6. The highest BCUT2D eigenvalue weighted by molar-refractivity contribution is 7.90. The van der Waals surface area contributed by atoms with Crippen molar-refractivity contribution in [2.75, 3.05) is 19.1 Å². The predicted octanol–water partition coefficient (Wildman–Crippen LogP) is 0.207. The molecule has 0 aliphatic heterocycles. The Morgan fingerprint density at radius 3 is 2.12 bits per heavy atom. The van der Waals surface area contributed by atoms with Gasteiger partial charge in [0.2, 0.25) is 0 Å². The maximum atomic E-state index is 11.4. The lowest BCUT2D eigenvalue weighted by Crippen LogP contribution is -2.48. The zero-order valence-electron chi connectivity index (χ0n) is 10.5. The summed E-state index contributed by atoms with van der Waals surface area (Å²) >= 11 is 0. The first-order valence-electron chi connectivity index (χ1n) is 5.19. The van der Waals surface area contributed by atoms with E-state index in [1.807, 2.05) is 13.8 Å². The number of carbonyl (C=O) groups is 1. The fourth-order valence-electron chi connectivity index (χ4n) is 1.47. The predicted molar refractivity (Wildman–Crippen MR) is 63.0 cm³/mol. The lowest BCUT2D eigenvalue weighted by molar-refractivity contribution is -0.144. The number of hydrogen-bond acceptors (Lipinski definition) is 5. The summed E-state index contributed by atoms with van der Waals surface area (Å²) in [5.41, 5.74) is 0. The number of sulfone groups is 1. The van der Waals surface area contributed by atoms with Gasteiger partial charge in [0.1, 0.15) is 15.9 Å². The monoisotopic (exact) mass is 251 g/mol. The SMILES string of the molecule is COC(=O)C(NC(C)CS(C)(=O)=O)C(C)C. The summed E-state index contributed by atoms with van der Waals surface area (Å²) in [4.78, 5) is 11.4. The molecule has 0 bridgehead atoms. The second kappa shape index (κ2) is 6.20. The highest BCUT2D eigenvalue weighted by atomic mass is 32.2. The Kier molecular flexibility index (Phi) is 5.96. The van der Waals surface area contributed by atoms with Crippen molar-refractivity contribution in [2.24, 2.45) is 5.92 Å². The molecule has 0 aromatic heterocycles. The van der Waals surface area contributed by atoms with E-state index < -0.39 is 15.9 Å². The molecule has 16 heavy (non-hydrogen) atoms. The lowest BCUT2D eigenvalue weighted by atomic mass is 10.0. The third kappa shape index (κ3) is 6.07. The van der Waals surface area contributed by atoms with E-state index in [9.17, 15) is 13.2 Å². The van der Waals surface area contributed by atoms with Crippen LogP contribution in [-0.2, 0) is 19.4 Å². The van der Waals surface area contributed by atoms with Crippen LogP contribution in [0.4, 0.5) is 0 Å². The normalized spacial score (nSPS) is 15.9. The standard InChI is InChI=1S/C10H21NO4S/c1-7(2)9(10(12)15-4)11-8(3)6-16(5,13)14/h7-9,11H,6H2,1-5H3. The molecule has 0 aliphatic rings. The molecule has 0 rings (SSSR count). The van der Waals surface area contributed by atoms with Gasteiger partial charge in [-0.15, -0.1) is 0 Å². The molecule has 2 unspecified atom stereocenters. The van der Waals surface area contributed by atoms with Crippen molar-refractivity contribution in [1.82, 2.24) is 5.32 Å². The summed E-state index contributed by atoms with van der Waals surface area (Å²) in [5.74, 6) is -0.308. The van der Waals surface area contributed by atoms with Gasteiger partial charge in [0.15, 0.2) is 0 Å². The second-order valence-electron chi connectivity index (χ2n) is 4.40. The van der Waals surface area contributed by atoms with E-state index in [2.05, 4.69) is 10.1 Å². The summed E-state index contributed by atoms with van der Waals surface area (Å²) in [5, 5.41) is 2.97. The maximum absolute atomic E-state index is 11.4. The molecule has 0 saturated heterocycles. The van der Waals surface area contributed by atoms with Gasteiger partial charge in [0.05, 0.1) is 12.9 Å². The molecule has 0 radical (unpaired) electrons. The maximum Gasteiger partial charge on any atom is 0.323 e. The molecule has 0 aromatic carbocycles. The van der Waals surface area contributed by atoms with Crippen LogP contribution in [0.15, 0.2) is 0 Å². The van der Waals surface area contributed by atoms with Crippen LogP contribution in [0.1, 0.15) is 20.8 Å². The topological polar surface area (TPSA) is 72.5 Å². The van der Waals surface area contributed by atoms with E-state index in [0.29, 0.717) is 0 Å². The van der Waals surface area contributed by atoms with Gasteiger partial charge in [-0.25, -0.2) is 8.42 Å². The van der Waals surface area contributed by atoms with Gasteiger partial charge in [0.25, 0.3) is 0 Å². The van der Waals surface area contributed by atoms with E-state index >= 15 is 0 Å². The Labute approximate surface area is 97.5 Å². The van der Waals surface area contributed by atoms with Gasteiger partial charge < -0.3 is 10.1 Å². The van der Waals surface area contributed by atoms with Crippen molar-refractivity contribution in [1.29, 1.82) is 0 Å². The fourth-order valence-corrected chi connectivity index (χ4v) is 2.47. The van der Waals surface area contributed by atoms with Crippen LogP contribution in [0.5, 0.6) is 0 Å². The molecule has 0 spiro atoms. The minimum atomic E-state index is -3.04. The van der Waals surface area contributed by atoms with Gasteiger partial charge >= 0.3 is 5.97 Å². The summed E-state index contributed by atoms with van der Waals surface area (Å²) in [6.07, 6.45) is 1.17. The molecule has 0 fully saturated rings. The fraction of sp³-hybridized carbons (Fsp3) is 0.900. The first kappa shape index (κ1) is 15.4. The van der Waals surface area contributed by atoms with Crippen LogP contribution >= 0.6 is 0 Å². The van der Waals surface area contributed by atoms with E-state index in [1.54, 1.807) is 6.92 Å². The third-order valence-electron chi connectivity index (χ3n) is 2.14. The minimum absolute atomic E-state index is 0.00716. The smallest absolute Gasteiger partial charge is 0.323 e. The van der Waals surface area contributed by atoms with Crippen molar-refractivity contribution >= 4 is 15.8 Å². The molecule has 0 heterocycles.